The highest BCUT2D eigenvalue weighted by molar-refractivity contribution is 7.89. The van der Waals surface area contributed by atoms with Crippen molar-refractivity contribution in [2.75, 3.05) is 5.32 Å². The normalized spacial score (nSPS) is 26.5. The Hall–Kier alpha value is -1.07. The molecule has 0 amide bonds. The zero-order valence-electron chi connectivity index (χ0n) is 11.1. The van der Waals surface area contributed by atoms with Gasteiger partial charge in [0.2, 0.25) is 10.0 Å². The molecule has 1 unspecified atom stereocenters. The SMILES string of the molecule is Cc1cccc2c1S(=O)(=O)NC(C1CCCCC1)N2. The lowest BCUT2D eigenvalue weighted by atomic mass is 9.87. The first-order valence-corrected chi connectivity index (χ1v) is 8.45. The van der Waals surface area contributed by atoms with Gasteiger partial charge in [0.1, 0.15) is 4.90 Å². The number of hydrogen-bond donors (Lipinski definition) is 2. The molecule has 0 aromatic heterocycles. The third kappa shape index (κ3) is 2.37. The highest BCUT2D eigenvalue weighted by Crippen LogP contribution is 2.34. The molecule has 2 N–H and O–H groups in total. The molecule has 104 valence electrons. The van der Waals surface area contributed by atoms with E-state index in [1.165, 1.54) is 19.3 Å². The van der Waals surface area contributed by atoms with Gasteiger partial charge in [0.05, 0.1) is 11.9 Å². The topological polar surface area (TPSA) is 58.2 Å². The summed E-state index contributed by atoms with van der Waals surface area (Å²) in [7, 11) is -3.38. The summed E-state index contributed by atoms with van der Waals surface area (Å²) in [6, 6.07) is 5.59. The maximum absolute atomic E-state index is 12.4. The van der Waals surface area contributed by atoms with Gasteiger partial charge in [0.15, 0.2) is 0 Å². The summed E-state index contributed by atoms with van der Waals surface area (Å²) in [5.74, 6) is 0.400. The van der Waals surface area contributed by atoms with Crippen molar-refractivity contribution in [3.8, 4) is 0 Å². The van der Waals surface area contributed by atoms with Crippen molar-refractivity contribution in [2.24, 2.45) is 5.92 Å². The van der Waals surface area contributed by atoms with Gasteiger partial charge in [-0.15, -0.1) is 0 Å². The van der Waals surface area contributed by atoms with E-state index in [4.69, 9.17) is 0 Å². The zero-order valence-corrected chi connectivity index (χ0v) is 12.0. The van der Waals surface area contributed by atoms with Gasteiger partial charge in [0.25, 0.3) is 0 Å². The van der Waals surface area contributed by atoms with Crippen LogP contribution in [0.2, 0.25) is 0 Å². The molecule has 1 heterocycles. The Labute approximate surface area is 114 Å². The van der Waals surface area contributed by atoms with Crippen LogP contribution in [0.1, 0.15) is 37.7 Å². The molecule has 1 fully saturated rings. The predicted molar refractivity (Wildman–Crippen MR) is 75.5 cm³/mol. The molecule has 1 aliphatic carbocycles. The average molecular weight is 280 g/mol. The summed E-state index contributed by atoms with van der Waals surface area (Å²) in [6.07, 6.45) is 5.71. The van der Waals surface area contributed by atoms with E-state index in [2.05, 4.69) is 10.0 Å². The van der Waals surface area contributed by atoms with E-state index < -0.39 is 10.0 Å². The fourth-order valence-corrected chi connectivity index (χ4v) is 4.84. The fourth-order valence-electron chi connectivity index (χ4n) is 3.23. The first kappa shape index (κ1) is 12.9. The molecule has 0 bridgehead atoms. The van der Waals surface area contributed by atoms with Gasteiger partial charge in [-0.1, -0.05) is 31.4 Å². The van der Waals surface area contributed by atoms with Gasteiger partial charge >= 0.3 is 0 Å². The standard InChI is InChI=1S/C14H20N2O2S/c1-10-6-5-9-12-13(10)19(17,18)16-14(15-12)11-7-3-2-4-8-11/h5-6,9,11,14-16H,2-4,7-8H2,1H3. The first-order valence-electron chi connectivity index (χ1n) is 6.96. The van der Waals surface area contributed by atoms with Crippen LogP contribution in [-0.4, -0.2) is 14.6 Å². The molecule has 1 aromatic carbocycles. The molecule has 1 atom stereocenters. The van der Waals surface area contributed by atoms with E-state index >= 15 is 0 Å². The Balaban J connectivity index is 1.95. The predicted octanol–water partition coefficient (Wildman–Crippen LogP) is 2.61. The van der Waals surface area contributed by atoms with Crippen LogP contribution < -0.4 is 10.0 Å². The molecular formula is C14H20N2O2S. The van der Waals surface area contributed by atoms with Crippen molar-refractivity contribution >= 4 is 15.7 Å². The van der Waals surface area contributed by atoms with Crippen molar-refractivity contribution in [3.05, 3.63) is 23.8 Å². The van der Waals surface area contributed by atoms with Crippen LogP contribution in [0.5, 0.6) is 0 Å². The third-order valence-corrected chi connectivity index (χ3v) is 5.84. The van der Waals surface area contributed by atoms with Gasteiger partial charge in [-0.2, -0.15) is 4.72 Å². The van der Waals surface area contributed by atoms with Crippen molar-refractivity contribution < 1.29 is 8.42 Å². The van der Waals surface area contributed by atoms with Crippen LogP contribution in [0.25, 0.3) is 0 Å². The number of fused-ring (bicyclic) bond motifs is 1. The molecule has 0 saturated heterocycles. The molecule has 1 saturated carbocycles. The van der Waals surface area contributed by atoms with Crippen LogP contribution in [0, 0.1) is 12.8 Å². The quantitative estimate of drug-likeness (QED) is 0.831. The summed E-state index contributed by atoms with van der Waals surface area (Å²) in [5, 5.41) is 3.37. The lowest BCUT2D eigenvalue weighted by molar-refractivity contribution is 0.306. The molecule has 1 aliphatic heterocycles. The Morgan fingerprint density at radius 1 is 1.16 bits per heavy atom. The minimum absolute atomic E-state index is 0.153. The second-order valence-corrected chi connectivity index (χ2v) is 7.24. The molecule has 1 aromatic rings. The number of sulfonamides is 1. The number of benzene rings is 1. The molecule has 0 spiro atoms. The van der Waals surface area contributed by atoms with E-state index in [1.54, 1.807) is 0 Å². The molecule has 2 aliphatic rings. The van der Waals surface area contributed by atoms with E-state index in [1.807, 2.05) is 25.1 Å². The molecule has 4 nitrogen and oxygen atoms in total. The number of rotatable bonds is 1. The summed E-state index contributed by atoms with van der Waals surface area (Å²) < 4.78 is 27.6. The highest BCUT2D eigenvalue weighted by atomic mass is 32.2. The van der Waals surface area contributed by atoms with Crippen LogP contribution >= 0.6 is 0 Å². The van der Waals surface area contributed by atoms with E-state index in [-0.39, 0.29) is 6.17 Å². The number of anilines is 1. The molecule has 19 heavy (non-hydrogen) atoms. The second kappa shape index (κ2) is 4.80. The van der Waals surface area contributed by atoms with Gasteiger partial charge in [-0.05, 0) is 37.3 Å². The van der Waals surface area contributed by atoms with Crippen molar-refractivity contribution in [1.29, 1.82) is 0 Å². The van der Waals surface area contributed by atoms with Crippen molar-refractivity contribution in [2.45, 2.75) is 50.1 Å². The number of aryl methyl sites for hydroxylation is 1. The van der Waals surface area contributed by atoms with E-state index in [9.17, 15) is 8.42 Å². The van der Waals surface area contributed by atoms with Crippen LogP contribution in [0.4, 0.5) is 5.69 Å². The Bertz CT molecular complexity index is 577. The monoisotopic (exact) mass is 280 g/mol. The lowest BCUT2D eigenvalue weighted by Gasteiger charge is -2.36. The molecule has 3 rings (SSSR count). The number of hydrogen-bond acceptors (Lipinski definition) is 3. The van der Waals surface area contributed by atoms with Gasteiger partial charge in [0, 0.05) is 0 Å². The summed E-state index contributed by atoms with van der Waals surface area (Å²) >= 11 is 0. The molecule has 0 radical (unpaired) electrons. The highest BCUT2D eigenvalue weighted by Gasteiger charge is 2.34. The van der Waals surface area contributed by atoms with Crippen molar-refractivity contribution in [1.82, 2.24) is 4.72 Å². The summed E-state index contributed by atoms with van der Waals surface area (Å²) in [4.78, 5) is 0.405. The molecule has 5 heteroatoms. The van der Waals surface area contributed by atoms with E-state index in [0.717, 1.165) is 24.1 Å². The zero-order chi connectivity index (χ0) is 13.5. The maximum Gasteiger partial charge on any atom is 0.244 e. The number of nitrogens with one attached hydrogen (secondary N) is 2. The van der Waals surface area contributed by atoms with Crippen LogP contribution in [0.3, 0.4) is 0 Å². The van der Waals surface area contributed by atoms with Crippen LogP contribution in [0.15, 0.2) is 23.1 Å². The molecular weight excluding hydrogens is 260 g/mol. The fraction of sp³-hybridized carbons (Fsp3) is 0.571. The minimum Gasteiger partial charge on any atom is -0.368 e. The Morgan fingerprint density at radius 2 is 1.89 bits per heavy atom. The minimum atomic E-state index is -3.38. The second-order valence-electron chi connectivity index (χ2n) is 5.59. The smallest absolute Gasteiger partial charge is 0.244 e. The largest absolute Gasteiger partial charge is 0.368 e. The van der Waals surface area contributed by atoms with Gasteiger partial charge < -0.3 is 5.32 Å². The Morgan fingerprint density at radius 3 is 2.63 bits per heavy atom. The van der Waals surface area contributed by atoms with Gasteiger partial charge in [-0.25, -0.2) is 8.42 Å². The van der Waals surface area contributed by atoms with Gasteiger partial charge in [-0.3, -0.25) is 0 Å². The summed E-state index contributed by atoms with van der Waals surface area (Å²) in [5.41, 5.74) is 1.54. The Kier molecular flexibility index (Phi) is 3.27. The first-order chi connectivity index (χ1) is 9.08. The van der Waals surface area contributed by atoms with E-state index in [0.29, 0.717) is 10.8 Å². The summed E-state index contributed by atoms with van der Waals surface area (Å²) in [6.45, 7) is 1.83. The average Bonchev–Trinajstić information content (AvgIpc) is 2.38. The van der Waals surface area contributed by atoms with Crippen molar-refractivity contribution in [3.63, 3.8) is 0 Å². The maximum atomic E-state index is 12.4. The van der Waals surface area contributed by atoms with Crippen LogP contribution in [-0.2, 0) is 10.0 Å². The lowest BCUT2D eigenvalue weighted by Crippen LogP contribution is -2.49. The third-order valence-electron chi connectivity index (χ3n) is 4.19.